The van der Waals surface area contributed by atoms with E-state index in [0.717, 1.165) is 11.8 Å². The standard InChI is InChI=1S/C17H22FNO/c1-11(16-10-12-2-4-13(16)5-3-12)19-17(20)14-6-8-15(18)9-7-14/h6-9,11-13,16H,2-5,10H2,1H3,(H,19,20)/t11-,12?,13?,16+/m0/s1. The predicted molar refractivity (Wildman–Crippen MR) is 76.9 cm³/mol. The van der Waals surface area contributed by atoms with Gasteiger partial charge in [-0.05, 0) is 68.2 Å². The highest BCUT2D eigenvalue weighted by Crippen LogP contribution is 2.46. The largest absolute Gasteiger partial charge is 0.349 e. The first-order valence-corrected chi connectivity index (χ1v) is 7.70. The van der Waals surface area contributed by atoms with Crippen LogP contribution in [0, 0.1) is 23.6 Å². The average molecular weight is 275 g/mol. The lowest BCUT2D eigenvalue weighted by atomic mass is 9.63. The molecule has 2 nitrogen and oxygen atoms in total. The molecule has 0 aliphatic heterocycles. The third kappa shape index (κ3) is 2.72. The summed E-state index contributed by atoms with van der Waals surface area (Å²) in [5, 5.41) is 3.11. The lowest BCUT2D eigenvalue weighted by Gasteiger charge is -2.45. The Balaban J connectivity index is 1.62. The number of amides is 1. The van der Waals surface area contributed by atoms with Gasteiger partial charge in [0, 0.05) is 11.6 Å². The minimum atomic E-state index is -0.306. The maximum Gasteiger partial charge on any atom is 0.251 e. The van der Waals surface area contributed by atoms with Crippen LogP contribution in [0.3, 0.4) is 0 Å². The molecule has 0 radical (unpaired) electrons. The summed E-state index contributed by atoms with van der Waals surface area (Å²) in [6, 6.07) is 5.97. The minimum Gasteiger partial charge on any atom is -0.349 e. The van der Waals surface area contributed by atoms with Gasteiger partial charge in [-0.3, -0.25) is 4.79 Å². The zero-order chi connectivity index (χ0) is 14.1. The van der Waals surface area contributed by atoms with Crippen molar-refractivity contribution in [2.75, 3.05) is 0 Å². The molecule has 3 heteroatoms. The summed E-state index contributed by atoms with van der Waals surface area (Å²) in [6.07, 6.45) is 6.66. The number of hydrogen-bond acceptors (Lipinski definition) is 1. The number of halogens is 1. The van der Waals surface area contributed by atoms with Gasteiger partial charge >= 0.3 is 0 Å². The molecule has 3 aliphatic carbocycles. The number of hydrogen-bond donors (Lipinski definition) is 1. The van der Waals surface area contributed by atoms with Crippen LogP contribution in [0.1, 0.15) is 49.4 Å². The molecule has 0 aromatic heterocycles. The van der Waals surface area contributed by atoms with E-state index >= 15 is 0 Å². The van der Waals surface area contributed by atoms with E-state index in [9.17, 15) is 9.18 Å². The monoisotopic (exact) mass is 275 g/mol. The summed E-state index contributed by atoms with van der Waals surface area (Å²) in [6.45, 7) is 2.12. The van der Waals surface area contributed by atoms with Gasteiger partial charge in [-0.2, -0.15) is 0 Å². The van der Waals surface area contributed by atoms with Crippen LogP contribution in [0.4, 0.5) is 4.39 Å². The molecule has 1 aromatic carbocycles. The van der Waals surface area contributed by atoms with E-state index in [4.69, 9.17) is 0 Å². The number of nitrogens with one attached hydrogen (secondary N) is 1. The molecule has 0 spiro atoms. The number of fused-ring (bicyclic) bond motifs is 3. The Hall–Kier alpha value is -1.38. The summed E-state index contributed by atoms with van der Waals surface area (Å²) >= 11 is 0. The molecule has 1 aromatic rings. The van der Waals surface area contributed by atoms with Gasteiger partial charge in [-0.15, -0.1) is 0 Å². The van der Waals surface area contributed by atoms with Crippen LogP contribution in [0.5, 0.6) is 0 Å². The third-order valence-corrected chi connectivity index (χ3v) is 5.21. The maximum absolute atomic E-state index is 12.9. The van der Waals surface area contributed by atoms with Gasteiger partial charge in [-0.25, -0.2) is 4.39 Å². The molecule has 1 amide bonds. The van der Waals surface area contributed by atoms with Crippen molar-refractivity contribution < 1.29 is 9.18 Å². The van der Waals surface area contributed by atoms with Crippen LogP contribution < -0.4 is 5.32 Å². The molecule has 20 heavy (non-hydrogen) atoms. The predicted octanol–water partition coefficient (Wildman–Crippen LogP) is 3.77. The molecule has 108 valence electrons. The Bertz CT molecular complexity index is 476. The quantitative estimate of drug-likeness (QED) is 0.894. The van der Waals surface area contributed by atoms with Crippen LogP contribution in [0.15, 0.2) is 24.3 Å². The molecule has 0 heterocycles. The van der Waals surface area contributed by atoms with Gasteiger partial charge in [0.15, 0.2) is 0 Å². The second-order valence-electron chi connectivity index (χ2n) is 6.45. The van der Waals surface area contributed by atoms with Gasteiger partial charge in [0.2, 0.25) is 0 Å². The van der Waals surface area contributed by atoms with Gasteiger partial charge in [0.1, 0.15) is 5.82 Å². The highest BCUT2D eigenvalue weighted by atomic mass is 19.1. The first-order chi connectivity index (χ1) is 9.63. The van der Waals surface area contributed by atoms with Gasteiger partial charge in [0.05, 0.1) is 0 Å². The van der Waals surface area contributed by atoms with Crippen LogP contribution in [0.2, 0.25) is 0 Å². The highest BCUT2D eigenvalue weighted by Gasteiger charge is 2.38. The highest BCUT2D eigenvalue weighted by molar-refractivity contribution is 5.94. The Morgan fingerprint density at radius 3 is 2.40 bits per heavy atom. The Morgan fingerprint density at radius 1 is 1.20 bits per heavy atom. The lowest BCUT2D eigenvalue weighted by Crippen LogP contribution is -2.45. The first kappa shape index (κ1) is 13.6. The Kier molecular flexibility index (Phi) is 3.77. The molecular weight excluding hydrogens is 253 g/mol. The number of rotatable bonds is 3. The molecule has 0 saturated heterocycles. The van der Waals surface area contributed by atoms with Gasteiger partial charge in [0.25, 0.3) is 5.91 Å². The van der Waals surface area contributed by atoms with E-state index in [1.807, 2.05) is 0 Å². The van der Waals surface area contributed by atoms with Crippen molar-refractivity contribution in [1.29, 1.82) is 0 Å². The molecule has 2 bridgehead atoms. The molecule has 3 aliphatic rings. The molecule has 3 saturated carbocycles. The van der Waals surface area contributed by atoms with E-state index in [2.05, 4.69) is 12.2 Å². The van der Waals surface area contributed by atoms with Crippen molar-refractivity contribution >= 4 is 5.91 Å². The fourth-order valence-electron chi connectivity index (χ4n) is 4.04. The number of carbonyl (C=O) groups is 1. The maximum atomic E-state index is 12.9. The van der Waals surface area contributed by atoms with E-state index in [0.29, 0.717) is 11.5 Å². The van der Waals surface area contributed by atoms with Crippen LogP contribution >= 0.6 is 0 Å². The van der Waals surface area contributed by atoms with Crippen molar-refractivity contribution in [2.45, 2.75) is 45.1 Å². The van der Waals surface area contributed by atoms with Crippen molar-refractivity contribution in [3.63, 3.8) is 0 Å². The summed E-state index contributed by atoms with van der Waals surface area (Å²) in [7, 11) is 0. The molecule has 4 rings (SSSR count). The normalized spacial score (nSPS) is 30.0. The van der Waals surface area contributed by atoms with E-state index < -0.39 is 0 Å². The van der Waals surface area contributed by atoms with Crippen molar-refractivity contribution in [1.82, 2.24) is 5.32 Å². The van der Waals surface area contributed by atoms with Crippen molar-refractivity contribution in [3.05, 3.63) is 35.6 Å². The molecule has 3 fully saturated rings. The number of benzene rings is 1. The first-order valence-electron chi connectivity index (χ1n) is 7.70. The Morgan fingerprint density at radius 2 is 1.85 bits per heavy atom. The zero-order valence-electron chi connectivity index (χ0n) is 11.9. The van der Waals surface area contributed by atoms with Gasteiger partial charge < -0.3 is 5.32 Å². The van der Waals surface area contributed by atoms with E-state index in [1.54, 1.807) is 12.1 Å². The molecule has 2 atom stereocenters. The second kappa shape index (κ2) is 5.55. The van der Waals surface area contributed by atoms with Gasteiger partial charge in [-0.1, -0.05) is 12.8 Å². The topological polar surface area (TPSA) is 29.1 Å². The number of carbonyl (C=O) groups excluding carboxylic acids is 1. The summed E-state index contributed by atoms with van der Waals surface area (Å²) in [5.74, 6) is 1.88. The lowest BCUT2D eigenvalue weighted by molar-refractivity contribution is 0.0669. The van der Waals surface area contributed by atoms with Crippen LogP contribution in [-0.2, 0) is 0 Å². The fraction of sp³-hybridized carbons (Fsp3) is 0.588. The summed E-state index contributed by atoms with van der Waals surface area (Å²) in [4.78, 5) is 12.2. The molecular formula is C17H22FNO. The van der Waals surface area contributed by atoms with Crippen molar-refractivity contribution in [2.24, 2.45) is 17.8 Å². The minimum absolute atomic E-state index is 0.0843. The Labute approximate surface area is 119 Å². The third-order valence-electron chi connectivity index (χ3n) is 5.21. The van der Waals surface area contributed by atoms with E-state index in [-0.39, 0.29) is 17.8 Å². The van der Waals surface area contributed by atoms with Crippen molar-refractivity contribution in [3.8, 4) is 0 Å². The zero-order valence-corrected chi connectivity index (χ0v) is 11.9. The summed E-state index contributed by atoms with van der Waals surface area (Å²) in [5.41, 5.74) is 0.541. The summed E-state index contributed by atoms with van der Waals surface area (Å²) < 4.78 is 12.9. The second-order valence-corrected chi connectivity index (χ2v) is 6.45. The average Bonchev–Trinajstić information content (AvgIpc) is 2.49. The molecule has 0 unspecified atom stereocenters. The smallest absolute Gasteiger partial charge is 0.251 e. The molecule has 1 N–H and O–H groups in total. The SMILES string of the molecule is C[C@H](NC(=O)c1ccc(F)cc1)[C@H]1CC2CCC1CC2. The fourth-order valence-corrected chi connectivity index (χ4v) is 4.04. The van der Waals surface area contributed by atoms with Crippen LogP contribution in [-0.4, -0.2) is 11.9 Å². The van der Waals surface area contributed by atoms with E-state index in [1.165, 1.54) is 44.2 Å². The van der Waals surface area contributed by atoms with Crippen LogP contribution in [0.25, 0.3) is 0 Å².